The van der Waals surface area contributed by atoms with E-state index in [0.717, 1.165) is 15.2 Å². The summed E-state index contributed by atoms with van der Waals surface area (Å²) < 4.78 is 14.1. The van der Waals surface area contributed by atoms with E-state index in [2.05, 4.69) is 48.7 Å². The first kappa shape index (κ1) is 16.1. The van der Waals surface area contributed by atoms with Crippen LogP contribution in [0.25, 0.3) is 0 Å². The molecule has 1 fully saturated rings. The summed E-state index contributed by atoms with van der Waals surface area (Å²) in [7, 11) is 0. The molecule has 2 unspecified atom stereocenters. The van der Waals surface area contributed by atoms with Crippen LogP contribution >= 0.6 is 22.6 Å². The topological polar surface area (TPSA) is 12.0 Å². The average Bonchev–Trinajstić information content (AvgIpc) is 2.58. The monoisotopic (exact) mass is 389 g/mol. The van der Waals surface area contributed by atoms with Gasteiger partial charge in [-0.05, 0) is 77.8 Å². The Morgan fingerprint density at radius 3 is 2.55 bits per heavy atom. The zero-order valence-corrected chi connectivity index (χ0v) is 14.8. The molecular weight excluding hydrogens is 364 g/mol. The van der Waals surface area contributed by atoms with Crippen LogP contribution in [-0.4, -0.2) is 6.04 Å². The second-order valence-electron chi connectivity index (χ2n) is 7.04. The van der Waals surface area contributed by atoms with Gasteiger partial charge < -0.3 is 5.32 Å². The van der Waals surface area contributed by atoms with Gasteiger partial charge >= 0.3 is 0 Å². The van der Waals surface area contributed by atoms with Gasteiger partial charge in [0.1, 0.15) is 5.82 Å². The van der Waals surface area contributed by atoms with E-state index in [1.165, 1.54) is 32.1 Å². The van der Waals surface area contributed by atoms with Crippen LogP contribution in [0.3, 0.4) is 0 Å². The third kappa shape index (κ3) is 4.34. The molecule has 2 rings (SSSR count). The Morgan fingerprint density at radius 1 is 1.15 bits per heavy atom. The summed E-state index contributed by atoms with van der Waals surface area (Å²) in [6.07, 6.45) is 6.36. The van der Waals surface area contributed by atoms with E-state index < -0.39 is 0 Å². The number of halogens is 2. The highest BCUT2D eigenvalue weighted by molar-refractivity contribution is 14.1. The Hall–Kier alpha value is -0.320. The van der Waals surface area contributed by atoms with E-state index in [9.17, 15) is 4.39 Å². The normalized spacial score (nSPS) is 24.2. The van der Waals surface area contributed by atoms with Crippen molar-refractivity contribution in [3.63, 3.8) is 0 Å². The number of benzene rings is 1. The SMILES string of the molecule is CC(C)(C)C1CCCC(Nc2ccc(F)cc2I)CC1. The predicted molar refractivity (Wildman–Crippen MR) is 92.6 cm³/mol. The van der Waals surface area contributed by atoms with Gasteiger partial charge in [-0.15, -0.1) is 0 Å². The number of anilines is 1. The van der Waals surface area contributed by atoms with Crippen molar-refractivity contribution in [1.29, 1.82) is 0 Å². The van der Waals surface area contributed by atoms with Crippen molar-refractivity contribution in [3.05, 3.63) is 27.6 Å². The Kier molecular flexibility index (Phi) is 5.32. The van der Waals surface area contributed by atoms with Crippen LogP contribution < -0.4 is 5.32 Å². The predicted octanol–water partition coefficient (Wildman–Crippen LogP) is 5.84. The van der Waals surface area contributed by atoms with Gasteiger partial charge in [-0.3, -0.25) is 0 Å². The summed E-state index contributed by atoms with van der Waals surface area (Å²) in [5, 5.41) is 3.61. The second-order valence-corrected chi connectivity index (χ2v) is 8.20. The summed E-state index contributed by atoms with van der Waals surface area (Å²) in [6, 6.07) is 5.53. The molecule has 0 spiro atoms. The molecule has 0 aliphatic heterocycles. The lowest BCUT2D eigenvalue weighted by atomic mass is 9.76. The van der Waals surface area contributed by atoms with Crippen molar-refractivity contribution >= 4 is 28.3 Å². The molecule has 1 aromatic rings. The molecule has 0 radical (unpaired) electrons. The Morgan fingerprint density at radius 2 is 1.90 bits per heavy atom. The molecule has 0 saturated heterocycles. The van der Waals surface area contributed by atoms with Crippen LogP contribution in [0.15, 0.2) is 18.2 Å². The van der Waals surface area contributed by atoms with Crippen LogP contribution in [0.4, 0.5) is 10.1 Å². The van der Waals surface area contributed by atoms with E-state index in [1.54, 1.807) is 12.1 Å². The highest BCUT2D eigenvalue weighted by Crippen LogP contribution is 2.37. The highest BCUT2D eigenvalue weighted by atomic mass is 127. The van der Waals surface area contributed by atoms with Crippen LogP contribution in [0, 0.1) is 20.7 Å². The maximum atomic E-state index is 13.1. The fourth-order valence-corrected chi connectivity index (χ4v) is 3.77. The minimum Gasteiger partial charge on any atom is -0.381 e. The molecule has 20 heavy (non-hydrogen) atoms. The maximum absolute atomic E-state index is 13.1. The van der Waals surface area contributed by atoms with Gasteiger partial charge in [0.15, 0.2) is 0 Å². The molecule has 3 heteroatoms. The molecule has 0 aromatic heterocycles. The summed E-state index contributed by atoms with van der Waals surface area (Å²) in [5.41, 5.74) is 1.49. The van der Waals surface area contributed by atoms with Crippen molar-refractivity contribution in [3.8, 4) is 0 Å². The third-order valence-corrected chi connectivity index (χ3v) is 5.38. The molecular formula is C17H25FIN. The lowest BCUT2D eigenvalue weighted by Crippen LogP contribution is -2.22. The Balaban J connectivity index is 1.97. The molecule has 112 valence electrons. The van der Waals surface area contributed by atoms with E-state index in [0.29, 0.717) is 11.5 Å². The molecule has 0 heterocycles. The molecule has 2 atom stereocenters. The van der Waals surface area contributed by atoms with Gasteiger partial charge in [0.05, 0.1) is 0 Å². The van der Waals surface area contributed by atoms with Gasteiger partial charge in [0.25, 0.3) is 0 Å². The molecule has 1 aliphatic carbocycles. The van der Waals surface area contributed by atoms with Crippen molar-refractivity contribution in [2.45, 2.75) is 58.9 Å². The lowest BCUT2D eigenvalue weighted by Gasteiger charge is -2.29. The highest BCUT2D eigenvalue weighted by Gasteiger charge is 2.27. The van der Waals surface area contributed by atoms with Crippen LogP contribution in [0.5, 0.6) is 0 Å². The first-order chi connectivity index (χ1) is 9.36. The molecule has 1 N–H and O–H groups in total. The van der Waals surface area contributed by atoms with Crippen molar-refractivity contribution in [2.75, 3.05) is 5.32 Å². The van der Waals surface area contributed by atoms with Gasteiger partial charge in [-0.1, -0.05) is 27.2 Å². The van der Waals surface area contributed by atoms with Crippen molar-refractivity contribution in [2.24, 2.45) is 11.3 Å². The number of nitrogens with one attached hydrogen (secondary N) is 1. The smallest absolute Gasteiger partial charge is 0.124 e. The van der Waals surface area contributed by atoms with E-state index in [1.807, 2.05) is 6.07 Å². The summed E-state index contributed by atoms with van der Waals surface area (Å²) in [5.74, 6) is 0.662. The van der Waals surface area contributed by atoms with Crippen LogP contribution in [0.2, 0.25) is 0 Å². The molecule has 1 nitrogen and oxygen atoms in total. The van der Waals surface area contributed by atoms with Gasteiger partial charge in [0.2, 0.25) is 0 Å². The van der Waals surface area contributed by atoms with E-state index in [4.69, 9.17) is 0 Å². The lowest BCUT2D eigenvalue weighted by molar-refractivity contribution is 0.214. The minimum absolute atomic E-state index is 0.159. The molecule has 1 aliphatic rings. The Bertz CT molecular complexity index is 453. The standard InChI is InChI=1S/C17H25FIN/c1-17(2,3)12-5-4-6-14(9-7-12)20-16-10-8-13(18)11-15(16)19/h8,10-12,14,20H,4-7,9H2,1-3H3. The maximum Gasteiger partial charge on any atom is 0.124 e. The van der Waals surface area contributed by atoms with Gasteiger partial charge in [-0.25, -0.2) is 4.39 Å². The summed E-state index contributed by atoms with van der Waals surface area (Å²) in [4.78, 5) is 0. The zero-order valence-electron chi connectivity index (χ0n) is 12.7. The third-order valence-electron chi connectivity index (χ3n) is 4.48. The fourth-order valence-electron chi connectivity index (χ4n) is 3.14. The van der Waals surface area contributed by atoms with Crippen molar-refractivity contribution < 1.29 is 4.39 Å². The number of rotatable bonds is 2. The zero-order chi connectivity index (χ0) is 14.8. The van der Waals surface area contributed by atoms with E-state index >= 15 is 0 Å². The van der Waals surface area contributed by atoms with Gasteiger partial charge in [-0.2, -0.15) is 0 Å². The fraction of sp³-hybridized carbons (Fsp3) is 0.647. The molecule has 0 amide bonds. The average molecular weight is 389 g/mol. The first-order valence-corrected chi connectivity index (χ1v) is 8.66. The molecule has 0 bridgehead atoms. The largest absolute Gasteiger partial charge is 0.381 e. The summed E-state index contributed by atoms with van der Waals surface area (Å²) in [6.45, 7) is 7.07. The molecule has 1 aromatic carbocycles. The number of hydrogen-bond acceptors (Lipinski definition) is 1. The van der Waals surface area contributed by atoms with Gasteiger partial charge in [0, 0.05) is 15.3 Å². The van der Waals surface area contributed by atoms with Crippen LogP contribution in [-0.2, 0) is 0 Å². The van der Waals surface area contributed by atoms with E-state index in [-0.39, 0.29) is 5.82 Å². The Labute approximate surface area is 135 Å². The molecule has 1 saturated carbocycles. The second kappa shape index (κ2) is 6.63. The number of hydrogen-bond donors (Lipinski definition) is 1. The quantitative estimate of drug-likeness (QED) is 0.495. The van der Waals surface area contributed by atoms with Crippen LogP contribution in [0.1, 0.15) is 52.9 Å². The van der Waals surface area contributed by atoms with Crippen molar-refractivity contribution in [1.82, 2.24) is 0 Å². The first-order valence-electron chi connectivity index (χ1n) is 7.58. The summed E-state index contributed by atoms with van der Waals surface area (Å²) >= 11 is 2.21. The minimum atomic E-state index is -0.159.